The Kier molecular flexibility index (Phi) is 6.36. The minimum absolute atomic E-state index is 0.00629. The first kappa shape index (κ1) is 15.7. The van der Waals surface area contributed by atoms with E-state index in [1.54, 1.807) is 0 Å². The predicted molar refractivity (Wildman–Crippen MR) is 83.4 cm³/mol. The minimum atomic E-state index is -0.00629. The largest absolute Gasteiger partial charge is 0.351 e. The van der Waals surface area contributed by atoms with E-state index in [1.807, 2.05) is 25.1 Å². The molecular formula is C14H19Br2NO. The highest BCUT2D eigenvalue weighted by atomic mass is 79.9. The van der Waals surface area contributed by atoms with Crippen LogP contribution in [0.15, 0.2) is 22.7 Å². The Balaban J connectivity index is 2.55. The zero-order valence-corrected chi connectivity index (χ0v) is 14.1. The highest BCUT2D eigenvalue weighted by molar-refractivity contribution is 9.10. The van der Waals surface area contributed by atoms with E-state index >= 15 is 0 Å². The second-order valence-electron chi connectivity index (χ2n) is 4.90. The lowest BCUT2D eigenvalue weighted by molar-refractivity contribution is 0.0952. The van der Waals surface area contributed by atoms with Crippen molar-refractivity contribution in [3.05, 3.63) is 33.8 Å². The molecule has 0 saturated heterocycles. The Morgan fingerprint density at radius 2 is 2.06 bits per heavy atom. The topological polar surface area (TPSA) is 29.1 Å². The molecule has 100 valence electrons. The molecule has 1 unspecified atom stereocenters. The fourth-order valence-electron chi connectivity index (χ4n) is 1.78. The van der Waals surface area contributed by atoms with Gasteiger partial charge in [-0.1, -0.05) is 45.7 Å². The first-order valence-corrected chi connectivity index (χ1v) is 7.79. The van der Waals surface area contributed by atoms with Gasteiger partial charge in [0.15, 0.2) is 0 Å². The molecule has 0 aromatic heterocycles. The summed E-state index contributed by atoms with van der Waals surface area (Å²) in [6, 6.07) is 5.69. The SMILES string of the molecule is Cc1cc(Br)ccc1C(=O)NCC(Br)CC(C)C. The van der Waals surface area contributed by atoms with Crippen LogP contribution in [-0.4, -0.2) is 17.3 Å². The molecule has 2 nitrogen and oxygen atoms in total. The molecule has 4 heteroatoms. The summed E-state index contributed by atoms with van der Waals surface area (Å²) in [5, 5.41) is 2.96. The van der Waals surface area contributed by atoms with Crippen LogP contribution in [-0.2, 0) is 0 Å². The normalized spacial score (nSPS) is 12.6. The molecule has 0 heterocycles. The van der Waals surface area contributed by atoms with E-state index in [0.717, 1.165) is 22.0 Å². The number of amides is 1. The van der Waals surface area contributed by atoms with Gasteiger partial charge in [0.05, 0.1) is 0 Å². The number of rotatable bonds is 5. The Morgan fingerprint density at radius 3 is 2.61 bits per heavy atom. The first-order chi connectivity index (χ1) is 8.40. The maximum atomic E-state index is 12.0. The number of carbonyl (C=O) groups excluding carboxylic acids is 1. The van der Waals surface area contributed by atoms with Gasteiger partial charge in [-0.2, -0.15) is 0 Å². The van der Waals surface area contributed by atoms with Gasteiger partial charge in [-0.15, -0.1) is 0 Å². The third kappa shape index (κ3) is 5.11. The average molecular weight is 377 g/mol. The number of aryl methyl sites for hydroxylation is 1. The summed E-state index contributed by atoms with van der Waals surface area (Å²) in [5.41, 5.74) is 1.72. The fraction of sp³-hybridized carbons (Fsp3) is 0.500. The lowest BCUT2D eigenvalue weighted by atomic mass is 10.1. The number of hydrogen-bond donors (Lipinski definition) is 1. The molecule has 1 rings (SSSR count). The molecule has 1 atom stereocenters. The van der Waals surface area contributed by atoms with Crippen molar-refractivity contribution in [2.45, 2.75) is 32.0 Å². The number of halogens is 2. The molecule has 1 N–H and O–H groups in total. The fourth-order valence-corrected chi connectivity index (χ4v) is 3.16. The Hall–Kier alpha value is -0.350. The Labute approximate surface area is 126 Å². The maximum absolute atomic E-state index is 12.0. The number of benzene rings is 1. The van der Waals surface area contributed by atoms with Gasteiger partial charge >= 0.3 is 0 Å². The summed E-state index contributed by atoms with van der Waals surface area (Å²) in [6.07, 6.45) is 1.06. The summed E-state index contributed by atoms with van der Waals surface area (Å²) in [6.45, 7) is 6.95. The molecule has 0 aliphatic rings. The van der Waals surface area contributed by atoms with Gasteiger partial charge in [0.1, 0.15) is 0 Å². The highest BCUT2D eigenvalue weighted by Crippen LogP contribution is 2.16. The van der Waals surface area contributed by atoms with Crippen molar-refractivity contribution in [2.24, 2.45) is 5.92 Å². The van der Waals surface area contributed by atoms with Crippen molar-refractivity contribution in [2.75, 3.05) is 6.54 Å². The minimum Gasteiger partial charge on any atom is -0.351 e. The summed E-state index contributed by atoms with van der Waals surface area (Å²) in [7, 11) is 0. The van der Waals surface area contributed by atoms with E-state index < -0.39 is 0 Å². The summed E-state index contributed by atoms with van der Waals surface area (Å²) in [4.78, 5) is 12.4. The van der Waals surface area contributed by atoms with Crippen molar-refractivity contribution >= 4 is 37.8 Å². The van der Waals surface area contributed by atoms with Crippen molar-refractivity contribution in [1.29, 1.82) is 0 Å². The van der Waals surface area contributed by atoms with Crippen molar-refractivity contribution in [3.8, 4) is 0 Å². The van der Waals surface area contributed by atoms with Gasteiger partial charge in [0, 0.05) is 21.4 Å². The third-order valence-corrected chi connectivity index (χ3v) is 3.84. The van der Waals surface area contributed by atoms with Crippen LogP contribution in [0.5, 0.6) is 0 Å². The molecule has 18 heavy (non-hydrogen) atoms. The standard InChI is InChI=1S/C14H19Br2NO/c1-9(2)6-12(16)8-17-14(18)13-5-4-11(15)7-10(13)3/h4-5,7,9,12H,6,8H2,1-3H3,(H,17,18). The van der Waals surface area contributed by atoms with Crippen LogP contribution >= 0.6 is 31.9 Å². The van der Waals surface area contributed by atoms with Crippen LogP contribution in [0, 0.1) is 12.8 Å². The maximum Gasteiger partial charge on any atom is 0.251 e. The highest BCUT2D eigenvalue weighted by Gasteiger charge is 2.12. The van der Waals surface area contributed by atoms with Crippen molar-refractivity contribution < 1.29 is 4.79 Å². The number of nitrogens with one attached hydrogen (secondary N) is 1. The smallest absolute Gasteiger partial charge is 0.251 e. The molecule has 0 aliphatic heterocycles. The lowest BCUT2D eigenvalue weighted by Crippen LogP contribution is -2.30. The van der Waals surface area contributed by atoms with Crippen LogP contribution < -0.4 is 5.32 Å². The van der Waals surface area contributed by atoms with E-state index in [2.05, 4.69) is 51.0 Å². The number of alkyl halides is 1. The third-order valence-electron chi connectivity index (χ3n) is 2.64. The van der Waals surface area contributed by atoms with Gasteiger partial charge in [-0.25, -0.2) is 0 Å². The molecular weight excluding hydrogens is 358 g/mol. The molecule has 0 aliphatic carbocycles. The van der Waals surface area contributed by atoms with Crippen LogP contribution in [0.2, 0.25) is 0 Å². The molecule has 0 saturated carbocycles. The second kappa shape index (κ2) is 7.29. The molecule has 0 fully saturated rings. The first-order valence-electron chi connectivity index (χ1n) is 6.08. The summed E-state index contributed by atoms with van der Waals surface area (Å²) in [5.74, 6) is 0.619. The molecule has 0 radical (unpaired) electrons. The molecule has 1 amide bonds. The summed E-state index contributed by atoms with van der Waals surface area (Å²) < 4.78 is 0.995. The van der Waals surface area contributed by atoms with Crippen molar-refractivity contribution in [3.63, 3.8) is 0 Å². The average Bonchev–Trinajstić information content (AvgIpc) is 2.25. The van der Waals surface area contributed by atoms with Gasteiger partial charge in [0.2, 0.25) is 0 Å². The van der Waals surface area contributed by atoms with E-state index in [0.29, 0.717) is 17.3 Å². The van der Waals surface area contributed by atoms with Gasteiger partial charge < -0.3 is 5.32 Å². The van der Waals surface area contributed by atoms with E-state index in [-0.39, 0.29) is 5.91 Å². The number of carbonyl (C=O) groups is 1. The van der Waals surface area contributed by atoms with Crippen LogP contribution in [0.4, 0.5) is 0 Å². The van der Waals surface area contributed by atoms with Gasteiger partial charge in [0.25, 0.3) is 5.91 Å². The quantitative estimate of drug-likeness (QED) is 0.762. The molecule has 1 aromatic rings. The molecule has 0 bridgehead atoms. The van der Waals surface area contributed by atoms with Crippen molar-refractivity contribution in [1.82, 2.24) is 5.32 Å². The zero-order chi connectivity index (χ0) is 13.7. The summed E-state index contributed by atoms with van der Waals surface area (Å²) >= 11 is 6.98. The van der Waals surface area contributed by atoms with Gasteiger partial charge in [-0.3, -0.25) is 4.79 Å². The van der Waals surface area contributed by atoms with E-state index in [1.165, 1.54) is 0 Å². The van der Waals surface area contributed by atoms with Crippen LogP contribution in [0.3, 0.4) is 0 Å². The Bertz CT molecular complexity index is 418. The second-order valence-corrected chi connectivity index (χ2v) is 7.11. The van der Waals surface area contributed by atoms with E-state index in [9.17, 15) is 4.79 Å². The monoisotopic (exact) mass is 375 g/mol. The van der Waals surface area contributed by atoms with E-state index in [4.69, 9.17) is 0 Å². The molecule has 0 spiro atoms. The Morgan fingerprint density at radius 1 is 1.39 bits per heavy atom. The van der Waals surface area contributed by atoms with Crippen LogP contribution in [0.25, 0.3) is 0 Å². The number of hydrogen-bond acceptors (Lipinski definition) is 1. The predicted octanol–water partition coefficient (Wildman–Crippen LogP) is 4.30. The van der Waals surface area contributed by atoms with Crippen LogP contribution in [0.1, 0.15) is 36.2 Å². The van der Waals surface area contributed by atoms with Gasteiger partial charge in [-0.05, 0) is 43.0 Å². The molecule has 1 aromatic carbocycles. The zero-order valence-electron chi connectivity index (χ0n) is 11.0. The lowest BCUT2D eigenvalue weighted by Gasteiger charge is -2.14.